The van der Waals surface area contributed by atoms with E-state index in [4.69, 9.17) is 10.2 Å². The topological polar surface area (TPSA) is 94.9 Å². The maximum absolute atomic E-state index is 12.6. The van der Waals surface area contributed by atoms with E-state index in [1.54, 1.807) is 20.8 Å². The number of carboxylic acids is 1. The van der Waals surface area contributed by atoms with Crippen LogP contribution in [0.2, 0.25) is 0 Å². The van der Waals surface area contributed by atoms with Gasteiger partial charge < -0.3 is 10.2 Å². The number of carboxylic acid groups (broad SMARTS) is 1. The monoisotopic (exact) mass is 301 g/mol. The molecule has 0 heterocycles. The van der Waals surface area contributed by atoms with Crippen molar-refractivity contribution in [2.24, 2.45) is 0 Å². The Labute approximate surface area is 118 Å². The minimum atomic E-state index is -3.84. The molecule has 0 aromatic heterocycles. The third kappa shape index (κ3) is 3.36. The van der Waals surface area contributed by atoms with Gasteiger partial charge in [-0.2, -0.15) is 4.31 Å². The molecule has 0 aliphatic rings. The van der Waals surface area contributed by atoms with Crippen molar-refractivity contribution >= 4 is 16.0 Å². The minimum Gasteiger partial charge on any atom is -0.478 e. The second-order valence-corrected chi connectivity index (χ2v) is 6.58. The van der Waals surface area contributed by atoms with Crippen molar-refractivity contribution in [2.45, 2.75) is 31.7 Å². The number of carbonyl (C=O) groups is 1. The van der Waals surface area contributed by atoms with Gasteiger partial charge in [-0.3, -0.25) is 0 Å². The molecular formula is C13H19NO5S. The van der Waals surface area contributed by atoms with Crippen molar-refractivity contribution in [1.29, 1.82) is 0 Å². The lowest BCUT2D eigenvalue weighted by Gasteiger charge is -2.26. The Bertz CT molecular complexity index is 595. The maximum Gasteiger partial charge on any atom is 0.335 e. The van der Waals surface area contributed by atoms with E-state index in [0.29, 0.717) is 5.56 Å². The Kier molecular flexibility index (Phi) is 5.27. The molecule has 0 unspecified atom stereocenters. The predicted molar refractivity (Wildman–Crippen MR) is 74.3 cm³/mol. The second-order valence-electron chi connectivity index (χ2n) is 4.72. The van der Waals surface area contributed by atoms with Crippen LogP contribution in [0.5, 0.6) is 0 Å². The highest BCUT2D eigenvalue weighted by atomic mass is 32.2. The molecule has 6 nitrogen and oxygen atoms in total. The summed E-state index contributed by atoms with van der Waals surface area (Å²) < 4.78 is 26.3. The SMILES string of the molecule is Cc1ccc(C(=O)O)cc1S(=O)(=O)N(CCO)C(C)C. The fourth-order valence-electron chi connectivity index (χ4n) is 1.89. The van der Waals surface area contributed by atoms with Gasteiger partial charge in [-0.15, -0.1) is 0 Å². The minimum absolute atomic E-state index is 0.0310. The molecule has 1 aromatic carbocycles. The molecule has 0 amide bonds. The summed E-state index contributed by atoms with van der Waals surface area (Å²) in [5.41, 5.74) is 0.389. The molecule has 1 rings (SSSR count). The van der Waals surface area contributed by atoms with Crippen LogP contribution < -0.4 is 0 Å². The molecule has 7 heteroatoms. The van der Waals surface area contributed by atoms with Crippen LogP contribution in [0.3, 0.4) is 0 Å². The highest BCUT2D eigenvalue weighted by molar-refractivity contribution is 7.89. The van der Waals surface area contributed by atoms with Crippen LogP contribution in [0.15, 0.2) is 23.1 Å². The van der Waals surface area contributed by atoms with Gasteiger partial charge in [0.2, 0.25) is 10.0 Å². The molecule has 1 aromatic rings. The number of hydrogen-bond donors (Lipinski definition) is 2. The van der Waals surface area contributed by atoms with E-state index < -0.39 is 16.0 Å². The smallest absolute Gasteiger partial charge is 0.335 e. The number of rotatable bonds is 6. The zero-order valence-corrected chi connectivity index (χ0v) is 12.5. The van der Waals surface area contributed by atoms with Crippen LogP contribution in [0, 0.1) is 6.92 Å². The van der Waals surface area contributed by atoms with Gasteiger partial charge >= 0.3 is 5.97 Å². The average molecular weight is 301 g/mol. The van der Waals surface area contributed by atoms with E-state index in [1.807, 2.05) is 0 Å². The fraction of sp³-hybridized carbons (Fsp3) is 0.462. The Hall–Kier alpha value is -1.44. The van der Waals surface area contributed by atoms with E-state index in [0.717, 1.165) is 10.4 Å². The summed E-state index contributed by atoms with van der Waals surface area (Å²) in [6, 6.07) is 3.65. The van der Waals surface area contributed by atoms with Gasteiger partial charge in [0.15, 0.2) is 0 Å². The number of aliphatic hydroxyl groups excluding tert-OH is 1. The molecule has 0 fully saturated rings. The molecule has 0 aliphatic heterocycles. The fourth-order valence-corrected chi connectivity index (χ4v) is 3.77. The molecule has 112 valence electrons. The van der Waals surface area contributed by atoms with Gasteiger partial charge in [0.1, 0.15) is 0 Å². The average Bonchev–Trinajstić information content (AvgIpc) is 2.35. The number of aryl methyl sites for hydroxylation is 1. The quantitative estimate of drug-likeness (QED) is 0.820. The maximum atomic E-state index is 12.6. The molecule has 0 saturated carbocycles. The number of benzene rings is 1. The van der Waals surface area contributed by atoms with Crippen molar-refractivity contribution in [2.75, 3.05) is 13.2 Å². The van der Waals surface area contributed by atoms with E-state index in [-0.39, 0.29) is 29.7 Å². The highest BCUT2D eigenvalue weighted by Gasteiger charge is 2.28. The largest absolute Gasteiger partial charge is 0.478 e. The second kappa shape index (κ2) is 6.34. The first kappa shape index (κ1) is 16.6. The first-order valence-electron chi connectivity index (χ1n) is 6.18. The van der Waals surface area contributed by atoms with Crippen LogP contribution in [0.4, 0.5) is 0 Å². The van der Waals surface area contributed by atoms with E-state index in [9.17, 15) is 13.2 Å². The highest BCUT2D eigenvalue weighted by Crippen LogP contribution is 2.23. The standard InChI is InChI=1S/C13H19NO5S/c1-9(2)14(6-7-15)20(18,19)12-8-11(13(16)17)5-4-10(12)3/h4-5,8-9,15H,6-7H2,1-3H3,(H,16,17). The number of nitrogens with zero attached hydrogens (tertiary/aromatic N) is 1. The summed E-state index contributed by atoms with van der Waals surface area (Å²) in [5, 5.41) is 18.0. The summed E-state index contributed by atoms with van der Waals surface area (Å²) in [5.74, 6) is -1.18. The first-order chi connectivity index (χ1) is 9.21. The van der Waals surface area contributed by atoms with E-state index >= 15 is 0 Å². The van der Waals surface area contributed by atoms with Gasteiger partial charge in [-0.05, 0) is 38.5 Å². The molecule has 2 N–H and O–H groups in total. The molecule has 0 radical (unpaired) electrons. The van der Waals surface area contributed by atoms with Gasteiger partial charge in [0, 0.05) is 12.6 Å². The molecule has 0 saturated heterocycles. The zero-order valence-electron chi connectivity index (χ0n) is 11.7. The Morgan fingerprint density at radius 1 is 1.35 bits per heavy atom. The summed E-state index contributed by atoms with van der Waals surface area (Å²) in [4.78, 5) is 10.9. The van der Waals surface area contributed by atoms with Crippen molar-refractivity contribution in [3.8, 4) is 0 Å². The number of aromatic carboxylic acids is 1. The summed E-state index contributed by atoms with van der Waals surface area (Å²) >= 11 is 0. The number of aliphatic hydroxyl groups is 1. The lowest BCUT2D eigenvalue weighted by Crippen LogP contribution is -2.39. The summed E-state index contributed by atoms with van der Waals surface area (Å²) in [6.07, 6.45) is 0. The molecule has 0 bridgehead atoms. The zero-order chi connectivity index (χ0) is 15.5. The van der Waals surface area contributed by atoms with E-state index in [1.165, 1.54) is 12.1 Å². The Morgan fingerprint density at radius 2 is 1.95 bits per heavy atom. The first-order valence-corrected chi connectivity index (χ1v) is 7.62. The molecule has 0 spiro atoms. The Balaban J connectivity index is 3.40. The van der Waals surface area contributed by atoms with Crippen molar-refractivity contribution < 1.29 is 23.4 Å². The van der Waals surface area contributed by atoms with Crippen LogP contribution >= 0.6 is 0 Å². The molecular weight excluding hydrogens is 282 g/mol. The van der Waals surface area contributed by atoms with Crippen LogP contribution in [-0.4, -0.2) is 48.1 Å². The lowest BCUT2D eigenvalue weighted by atomic mass is 10.1. The van der Waals surface area contributed by atoms with Crippen molar-refractivity contribution in [3.05, 3.63) is 29.3 Å². The molecule has 20 heavy (non-hydrogen) atoms. The normalized spacial score (nSPS) is 12.1. The predicted octanol–water partition coefficient (Wildman–Crippen LogP) is 1.08. The summed E-state index contributed by atoms with van der Waals surface area (Å²) in [6.45, 7) is 4.68. The van der Waals surface area contributed by atoms with Gasteiger partial charge in [-0.1, -0.05) is 6.07 Å². The van der Waals surface area contributed by atoms with Gasteiger partial charge in [0.05, 0.1) is 17.1 Å². The van der Waals surface area contributed by atoms with Crippen molar-refractivity contribution in [1.82, 2.24) is 4.31 Å². The third-order valence-electron chi connectivity index (χ3n) is 2.92. The van der Waals surface area contributed by atoms with E-state index in [2.05, 4.69) is 0 Å². The van der Waals surface area contributed by atoms with Gasteiger partial charge in [0.25, 0.3) is 0 Å². The number of sulfonamides is 1. The van der Waals surface area contributed by atoms with Crippen LogP contribution in [0.1, 0.15) is 29.8 Å². The van der Waals surface area contributed by atoms with Gasteiger partial charge in [-0.25, -0.2) is 13.2 Å². The van der Waals surface area contributed by atoms with Crippen LogP contribution in [0.25, 0.3) is 0 Å². The Morgan fingerprint density at radius 3 is 2.40 bits per heavy atom. The third-order valence-corrected chi connectivity index (χ3v) is 5.14. The van der Waals surface area contributed by atoms with Crippen LogP contribution in [-0.2, 0) is 10.0 Å². The summed E-state index contributed by atoms with van der Waals surface area (Å²) in [7, 11) is -3.84. The lowest BCUT2D eigenvalue weighted by molar-refractivity contribution is 0.0696. The number of hydrogen-bond acceptors (Lipinski definition) is 4. The molecule has 0 aliphatic carbocycles. The molecule has 0 atom stereocenters. The van der Waals surface area contributed by atoms with Crippen molar-refractivity contribution in [3.63, 3.8) is 0 Å².